The average Bonchev–Trinajstić information content (AvgIpc) is 2.64. The number of carbonyl (C=O) groups excluding carboxylic acids is 2. The number of benzene rings is 2. The maximum absolute atomic E-state index is 12.2. The highest BCUT2D eigenvalue weighted by atomic mass is 35.5. The third-order valence-electron chi connectivity index (χ3n) is 3.84. The Balaban J connectivity index is 1.84. The molecule has 0 heterocycles. The number of carbonyl (C=O) groups is 2. The van der Waals surface area contributed by atoms with Gasteiger partial charge in [-0.2, -0.15) is 0 Å². The zero-order valence-electron chi connectivity index (χ0n) is 14.3. The van der Waals surface area contributed by atoms with Gasteiger partial charge < -0.3 is 10.6 Å². The van der Waals surface area contributed by atoms with Crippen LogP contribution in [0.1, 0.15) is 52.5 Å². The molecule has 0 saturated carbocycles. The van der Waals surface area contributed by atoms with E-state index in [0.717, 1.165) is 24.8 Å². The van der Waals surface area contributed by atoms with Gasteiger partial charge in [-0.05, 0) is 48.4 Å². The fourth-order valence-corrected chi connectivity index (χ4v) is 2.46. The Morgan fingerprint density at radius 1 is 0.840 bits per heavy atom. The lowest BCUT2D eigenvalue weighted by molar-refractivity contribution is 0.0940. The lowest BCUT2D eigenvalue weighted by atomic mass is 10.1. The Morgan fingerprint density at radius 3 is 1.96 bits per heavy atom. The first-order valence-electron chi connectivity index (χ1n) is 8.51. The molecule has 0 spiro atoms. The van der Waals surface area contributed by atoms with Crippen molar-refractivity contribution in [3.63, 3.8) is 0 Å². The van der Waals surface area contributed by atoms with E-state index in [1.807, 2.05) is 12.1 Å². The lowest BCUT2D eigenvalue weighted by Gasteiger charge is -2.07. The molecular formula is C20H23ClN2O2. The number of rotatable bonds is 8. The molecular weight excluding hydrogens is 336 g/mol. The van der Waals surface area contributed by atoms with Crippen LogP contribution in [0.5, 0.6) is 0 Å². The number of nitrogens with one attached hydrogen (secondary N) is 2. The highest BCUT2D eigenvalue weighted by molar-refractivity contribution is 6.30. The first-order chi connectivity index (χ1) is 12.1. The summed E-state index contributed by atoms with van der Waals surface area (Å²) in [6, 6.07) is 14.0. The molecule has 0 aromatic heterocycles. The van der Waals surface area contributed by atoms with Crippen LogP contribution in [-0.4, -0.2) is 18.4 Å². The van der Waals surface area contributed by atoms with Crippen molar-refractivity contribution in [1.29, 1.82) is 0 Å². The molecule has 0 atom stereocenters. The van der Waals surface area contributed by atoms with Crippen LogP contribution in [0.3, 0.4) is 0 Å². The third kappa shape index (κ3) is 6.24. The lowest BCUT2D eigenvalue weighted by Crippen LogP contribution is -2.25. The molecule has 132 valence electrons. The van der Waals surface area contributed by atoms with Crippen LogP contribution in [0.15, 0.2) is 48.5 Å². The van der Waals surface area contributed by atoms with Crippen LogP contribution < -0.4 is 10.6 Å². The maximum Gasteiger partial charge on any atom is 0.251 e. The fourth-order valence-electron chi connectivity index (χ4n) is 2.34. The zero-order chi connectivity index (χ0) is 18.1. The second-order valence-corrected chi connectivity index (χ2v) is 6.29. The van der Waals surface area contributed by atoms with E-state index < -0.39 is 0 Å². The van der Waals surface area contributed by atoms with E-state index in [2.05, 4.69) is 17.6 Å². The number of hydrogen-bond donors (Lipinski definition) is 2. The van der Waals surface area contributed by atoms with Gasteiger partial charge in [0.05, 0.1) is 0 Å². The zero-order valence-corrected chi connectivity index (χ0v) is 15.1. The van der Waals surface area contributed by atoms with Gasteiger partial charge in [-0.15, -0.1) is 0 Å². The molecule has 0 unspecified atom stereocenters. The number of unbranched alkanes of at least 4 members (excludes halogenated alkanes) is 2. The topological polar surface area (TPSA) is 58.2 Å². The Labute approximate surface area is 153 Å². The second kappa shape index (κ2) is 9.84. The predicted molar refractivity (Wildman–Crippen MR) is 101 cm³/mol. The summed E-state index contributed by atoms with van der Waals surface area (Å²) >= 11 is 5.84. The summed E-state index contributed by atoms with van der Waals surface area (Å²) in [6.45, 7) is 3.23. The molecule has 2 amide bonds. The molecule has 2 rings (SSSR count). The summed E-state index contributed by atoms with van der Waals surface area (Å²) in [5, 5.41) is 6.40. The van der Waals surface area contributed by atoms with Crippen molar-refractivity contribution in [2.75, 3.05) is 6.54 Å². The van der Waals surface area contributed by atoms with Gasteiger partial charge >= 0.3 is 0 Å². The van der Waals surface area contributed by atoms with Crippen molar-refractivity contribution in [2.45, 2.75) is 32.7 Å². The molecule has 5 heteroatoms. The molecule has 0 aliphatic carbocycles. The number of halogens is 1. The van der Waals surface area contributed by atoms with E-state index in [0.29, 0.717) is 29.2 Å². The van der Waals surface area contributed by atoms with Crippen molar-refractivity contribution in [1.82, 2.24) is 10.6 Å². The third-order valence-corrected chi connectivity index (χ3v) is 4.09. The van der Waals surface area contributed by atoms with Crippen molar-refractivity contribution < 1.29 is 9.59 Å². The standard InChI is InChI=1S/C20H23ClN2O2/c1-2-3-4-13-22-19(24)16-7-9-17(10-8-16)20(25)23-14-15-5-11-18(21)12-6-15/h5-12H,2-4,13-14H2,1H3,(H,22,24)(H,23,25). The quantitative estimate of drug-likeness (QED) is 0.695. The second-order valence-electron chi connectivity index (χ2n) is 5.85. The smallest absolute Gasteiger partial charge is 0.251 e. The Morgan fingerprint density at radius 2 is 1.40 bits per heavy atom. The van der Waals surface area contributed by atoms with Crippen LogP contribution in [0.2, 0.25) is 5.02 Å². The predicted octanol–water partition coefficient (Wildman–Crippen LogP) is 4.19. The Bertz CT molecular complexity index is 697. The molecule has 0 aliphatic rings. The number of amides is 2. The van der Waals surface area contributed by atoms with Gasteiger partial charge in [0.15, 0.2) is 0 Å². The minimum Gasteiger partial charge on any atom is -0.352 e. The van der Waals surface area contributed by atoms with Crippen molar-refractivity contribution in [3.8, 4) is 0 Å². The molecule has 0 radical (unpaired) electrons. The fraction of sp³-hybridized carbons (Fsp3) is 0.300. The van der Waals surface area contributed by atoms with E-state index in [-0.39, 0.29) is 11.8 Å². The van der Waals surface area contributed by atoms with Crippen molar-refractivity contribution in [2.24, 2.45) is 0 Å². The van der Waals surface area contributed by atoms with Gasteiger partial charge in [0.1, 0.15) is 0 Å². The van der Waals surface area contributed by atoms with Gasteiger partial charge in [-0.3, -0.25) is 9.59 Å². The summed E-state index contributed by atoms with van der Waals surface area (Å²) in [4.78, 5) is 24.2. The summed E-state index contributed by atoms with van der Waals surface area (Å²) in [5.74, 6) is -0.283. The van der Waals surface area contributed by atoms with Crippen molar-refractivity contribution in [3.05, 3.63) is 70.2 Å². The summed E-state index contributed by atoms with van der Waals surface area (Å²) in [7, 11) is 0. The molecule has 0 bridgehead atoms. The molecule has 0 aliphatic heterocycles. The van der Waals surface area contributed by atoms with E-state index in [1.165, 1.54) is 0 Å². The van der Waals surface area contributed by atoms with Gasteiger partial charge in [0.2, 0.25) is 0 Å². The molecule has 4 nitrogen and oxygen atoms in total. The van der Waals surface area contributed by atoms with Gasteiger partial charge in [0, 0.05) is 29.2 Å². The number of hydrogen-bond acceptors (Lipinski definition) is 2. The highest BCUT2D eigenvalue weighted by Gasteiger charge is 2.08. The normalized spacial score (nSPS) is 10.3. The van der Waals surface area contributed by atoms with Gasteiger partial charge in [0.25, 0.3) is 11.8 Å². The van der Waals surface area contributed by atoms with Crippen LogP contribution in [0.4, 0.5) is 0 Å². The molecule has 2 N–H and O–H groups in total. The van der Waals surface area contributed by atoms with E-state index in [1.54, 1.807) is 36.4 Å². The first kappa shape index (κ1) is 19.0. The van der Waals surface area contributed by atoms with Gasteiger partial charge in [-0.25, -0.2) is 0 Å². The highest BCUT2D eigenvalue weighted by Crippen LogP contribution is 2.10. The molecule has 0 fully saturated rings. The molecule has 25 heavy (non-hydrogen) atoms. The maximum atomic E-state index is 12.2. The SMILES string of the molecule is CCCCCNC(=O)c1ccc(C(=O)NCc2ccc(Cl)cc2)cc1. The van der Waals surface area contributed by atoms with Crippen LogP contribution >= 0.6 is 11.6 Å². The average molecular weight is 359 g/mol. The minimum atomic E-state index is -0.176. The Hall–Kier alpha value is -2.33. The van der Waals surface area contributed by atoms with Crippen LogP contribution in [0.25, 0.3) is 0 Å². The largest absolute Gasteiger partial charge is 0.352 e. The van der Waals surface area contributed by atoms with E-state index >= 15 is 0 Å². The molecule has 2 aromatic carbocycles. The van der Waals surface area contributed by atoms with Crippen LogP contribution in [-0.2, 0) is 6.54 Å². The monoisotopic (exact) mass is 358 g/mol. The summed E-state index contributed by atoms with van der Waals surface area (Å²) in [5.41, 5.74) is 2.06. The van der Waals surface area contributed by atoms with Gasteiger partial charge in [-0.1, -0.05) is 43.5 Å². The van der Waals surface area contributed by atoms with Crippen LogP contribution in [0, 0.1) is 0 Å². The van der Waals surface area contributed by atoms with E-state index in [4.69, 9.17) is 11.6 Å². The summed E-state index contributed by atoms with van der Waals surface area (Å²) in [6.07, 6.45) is 3.20. The molecule has 2 aromatic rings. The minimum absolute atomic E-state index is 0.107. The van der Waals surface area contributed by atoms with E-state index in [9.17, 15) is 9.59 Å². The summed E-state index contributed by atoms with van der Waals surface area (Å²) < 4.78 is 0. The molecule has 0 saturated heterocycles. The van der Waals surface area contributed by atoms with Crippen molar-refractivity contribution >= 4 is 23.4 Å². The Kier molecular flexibility index (Phi) is 7.48. The first-order valence-corrected chi connectivity index (χ1v) is 8.89.